The fraction of sp³-hybridized carbons (Fsp3) is 0.462. The molecular weight excluding hydrogens is 230 g/mol. The van der Waals surface area contributed by atoms with Crippen LogP contribution in [0.5, 0.6) is 0 Å². The maximum Gasteiger partial charge on any atom is 0.253 e. The number of hydrogen-bond donors (Lipinski definition) is 0. The first-order valence-corrected chi connectivity index (χ1v) is 6.36. The topological polar surface area (TPSA) is 59.2 Å². The number of likely N-dealkylation sites (tertiary alicyclic amines) is 1. The molecule has 18 heavy (non-hydrogen) atoms. The van der Waals surface area contributed by atoms with Crippen LogP contribution in [0, 0.1) is 0 Å². The van der Waals surface area contributed by atoms with Crippen LogP contribution in [0.2, 0.25) is 0 Å². The summed E-state index contributed by atoms with van der Waals surface area (Å²) in [6, 6.07) is 5.32. The maximum atomic E-state index is 12.4. The zero-order chi connectivity index (χ0) is 12.4. The van der Waals surface area contributed by atoms with Gasteiger partial charge >= 0.3 is 0 Å². The van der Waals surface area contributed by atoms with E-state index in [1.54, 1.807) is 18.2 Å². The molecule has 1 aliphatic rings. The van der Waals surface area contributed by atoms with Gasteiger partial charge in [-0.1, -0.05) is 12.8 Å². The summed E-state index contributed by atoms with van der Waals surface area (Å²) in [5.74, 6) is 0.0850. The molecule has 1 fully saturated rings. The van der Waals surface area contributed by atoms with E-state index in [-0.39, 0.29) is 5.91 Å². The Bertz CT molecular complexity index is 556. The molecular formula is C13H15N3O2. The quantitative estimate of drug-likeness (QED) is 0.773. The van der Waals surface area contributed by atoms with Gasteiger partial charge in [0.25, 0.3) is 5.91 Å². The van der Waals surface area contributed by atoms with Crippen molar-refractivity contribution < 1.29 is 9.42 Å². The van der Waals surface area contributed by atoms with Crippen LogP contribution in [-0.2, 0) is 0 Å². The summed E-state index contributed by atoms with van der Waals surface area (Å²) in [4.78, 5) is 14.3. The maximum absolute atomic E-state index is 12.4. The van der Waals surface area contributed by atoms with Crippen LogP contribution >= 0.6 is 0 Å². The second kappa shape index (κ2) is 4.76. The largest absolute Gasteiger partial charge is 0.339 e. The van der Waals surface area contributed by atoms with Crippen molar-refractivity contribution in [2.24, 2.45) is 0 Å². The molecule has 0 unspecified atom stereocenters. The Morgan fingerprint density at radius 3 is 2.56 bits per heavy atom. The Balaban J connectivity index is 1.85. The third-order valence-corrected chi connectivity index (χ3v) is 3.39. The molecule has 0 atom stereocenters. The molecule has 0 radical (unpaired) electrons. The Hall–Kier alpha value is -1.91. The summed E-state index contributed by atoms with van der Waals surface area (Å²) < 4.78 is 4.64. The van der Waals surface area contributed by atoms with Crippen molar-refractivity contribution in [1.29, 1.82) is 0 Å². The van der Waals surface area contributed by atoms with Crippen LogP contribution < -0.4 is 0 Å². The lowest BCUT2D eigenvalue weighted by molar-refractivity contribution is 0.0762. The van der Waals surface area contributed by atoms with Crippen molar-refractivity contribution in [2.75, 3.05) is 13.1 Å². The first-order chi connectivity index (χ1) is 8.84. The SMILES string of the molecule is O=C(c1ccc2nonc2c1)N1CCCCCC1. The summed E-state index contributed by atoms with van der Waals surface area (Å²) in [5.41, 5.74) is 1.98. The van der Waals surface area contributed by atoms with E-state index in [0.29, 0.717) is 16.6 Å². The Kier molecular flexibility index (Phi) is 2.96. The van der Waals surface area contributed by atoms with Gasteiger partial charge in [0.05, 0.1) is 0 Å². The molecule has 0 N–H and O–H groups in total. The van der Waals surface area contributed by atoms with E-state index >= 15 is 0 Å². The average Bonchev–Trinajstić information content (AvgIpc) is 2.69. The molecule has 2 aromatic rings. The number of carbonyl (C=O) groups excluding carboxylic acids is 1. The Labute approximate surface area is 105 Å². The standard InChI is InChI=1S/C13H15N3O2/c17-13(16-7-3-1-2-4-8-16)10-5-6-11-12(9-10)15-18-14-11/h5-6,9H,1-4,7-8H2. The van der Waals surface area contributed by atoms with Crippen LogP contribution in [0.4, 0.5) is 0 Å². The molecule has 3 rings (SSSR count). The van der Waals surface area contributed by atoms with Crippen LogP contribution in [0.15, 0.2) is 22.8 Å². The minimum absolute atomic E-state index is 0.0850. The molecule has 94 valence electrons. The fourth-order valence-electron chi connectivity index (χ4n) is 2.37. The van der Waals surface area contributed by atoms with E-state index < -0.39 is 0 Å². The number of benzene rings is 1. The number of aromatic nitrogens is 2. The van der Waals surface area contributed by atoms with Crippen LogP contribution in [0.1, 0.15) is 36.0 Å². The van der Waals surface area contributed by atoms with E-state index in [2.05, 4.69) is 14.9 Å². The van der Waals surface area contributed by atoms with Gasteiger partial charge in [0, 0.05) is 18.7 Å². The highest BCUT2D eigenvalue weighted by Crippen LogP contribution is 2.16. The van der Waals surface area contributed by atoms with Crippen molar-refractivity contribution in [3.05, 3.63) is 23.8 Å². The molecule has 0 saturated carbocycles. The van der Waals surface area contributed by atoms with Crippen molar-refractivity contribution in [3.8, 4) is 0 Å². The van der Waals surface area contributed by atoms with E-state index in [1.165, 1.54) is 12.8 Å². The average molecular weight is 245 g/mol. The van der Waals surface area contributed by atoms with Crippen LogP contribution in [0.3, 0.4) is 0 Å². The predicted molar refractivity (Wildman–Crippen MR) is 66.2 cm³/mol. The van der Waals surface area contributed by atoms with Crippen LogP contribution in [-0.4, -0.2) is 34.2 Å². The second-order valence-electron chi connectivity index (χ2n) is 4.67. The van der Waals surface area contributed by atoms with E-state index in [4.69, 9.17) is 0 Å². The highest BCUT2D eigenvalue weighted by Gasteiger charge is 2.18. The molecule has 0 spiro atoms. The molecule has 5 nitrogen and oxygen atoms in total. The zero-order valence-electron chi connectivity index (χ0n) is 10.1. The lowest BCUT2D eigenvalue weighted by Crippen LogP contribution is -2.31. The van der Waals surface area contributed by atoms with Crippen LogP contribution in [0.25, 0.3) is 11.0 Å². The summed E-state index contributed by atoms with van der Waals surface area (Å²) >= 11 is 0. The number of nitrogens with zero attached hydrogens (tertiary/aromatic N) is 3. The minimum Gasteiger partial charge on any atom is -0.339 e. The van der Waals surface area contributed by atoms with E-state index in [0.717, 1.165) is 25.9 Å². The number of amides is 1. The second-order valence-corrected chi connectivity index (χ2v) is 4.67. The van der Waals surface area contributed by atoms with Gasteiger partial charge in [0.1, 0.15) is 11.0 Å². The normalized spacial score (nSPS) is 16.8. The van der Waals surface area contributed by atoms with Crippen molar-refractivity contribution in [2.45, 2.75) is 25.7 Å². The van der Waals surface area contributed by atoms with Gasteiger partial charge < -0.3 is 4.90 Å². The minimum atomic E-state index is 0.0850. The Morgan fingerprint density at radius 1 is 1.06 bits per heavy atom. The number of hydrogen-bond acceptors (Lipinski definition) is 4. The molecule has 1 aliphatic heterocycles. The monoisotopic (exact) mass is 245 g/mol. The van der Waals surface area contributed by atoms with Crippen molar-refractivity contribution in [1.82, 2.24) is 15.2 Å². The Morgan fingerprint density at radius 2 is 1.78 bits per heavy atom. The summed E-state index contributed by atoms with van der Waals surface area (Å²) in [5, 5.41) is 7.50. The van der Waals surface area contributed by atoms with E-state index in [9.17, 15) is 4.79 Å². The summed E-state index contributed by atoms with van der Waals surface area (Å²) in [6.45, 7) is 1.71. The van der Waals surface area contributed by atoms with Crippen molar-refractivity contribution in [3.63, 3.8) is 0 Å². The molecule has 1 aromatic carbocycles. The van der Waals surface area contributed by atoms with Gasteiger partial charge in [-0.25, -0.2) is 4.63 Å². The highest BCUT2D eigenvalue weighted by molar-refractivity contribution is 5.97. The molecule has 0 aliphatic carbocycles. The van der Waals surface area contributed by atoms with Gasteiger partial charge in [-0.15, -0.1) is 0 Å². The molecule has 1 amide bonds. The lowest BCUT2D eigenvalue weighted by atomic mass is 10.1. The van der Waals surface area contributed by atoms with Gasteiger partial charge in [-0.3, -0.25) is 4.79 Å². The number of carbonyl (C=O) groups is 1. The molecule has 5 heteroatoms. The summed E-state index contributed by atoms with van der Waals surface area (Å²) in [6.07, 6.45) is 4.63. The van der Waals surface area contributed by atoms with Gasteiger partial charge in [0.15, 0.2) is 0 Å². The number of rotatable bonds is 1. The number of fused-ring (bicyclic) bond motifs is 1. The lowest BCUT2D eigenvalue weighted by Gasteiger charge is -2.20. The van der Waals surface area contributed by atoms with Crippen molar-refractivity contribution >= 4 is 16.9 Å². The first kappa shape index (κ1) is 11.2. The molecule has 1 aromatic heterocycles. The van der Waals surface area contributed by atoms with Gasteiger partial charge in [-0.2, -0.15) is 0 Å². The molecule has 2 heterocycles. The smallest absolute Gasteiger partial charge is 0.253 e. The summed E-state index contributed by atoms with van der Waals surface area (Å²) in [7, 11) is 0. The van der Waals surface area contributed by atoms with Gasteiger partial charge in [0.2, 0.25) is 0 Å². The third kappa shape index (κ3) is 2.08. The van der Waals surface area contributed by atoms with Gasteiger partial charge in [-0.05, 0) is 41.4 Å². The highest BCUT2D eigenvalue weighted by atomic mass is 16.6. The van der Waals surface area contributed by atoms with E-state index in [1.807, 2.05) is 4.90 Å². The zero-order valence-corrected chi connectivity index (χ0v) is 10.1. The third-order valence-electron chi connectivity index (χ3n) is 3.39. The fourth-order valence-corrected chi connectivity index (χ4v) is 2.37. The molecule has 1 saturated heterocycles. The molecule has 0 bridgehead atoms. The predicted octanol–water partition coefficient (Wildman–Crippen LogP) is 2.24. The first-order valence-electron chi connectivity index (χ1n) is 6.36.